The molecule has 0 aromatic carbocycles. The highest BCUT2D eigenvalue weighted by atomic mass is 32.1. The molecule has 1 atom stereocenters. The van der Waals surface area contributed by atoms with Crippen LogP contribution in [0.5, 0.6) is 0 Å². The van der Waals surface area contributed by atoms with Crippen molar-refractivity contribution in [1.29, 1.82) is 0 Å². The van der Waals surface area contributed by atoms with Crippen LogP contribution in [0.3, 0.4) is 0 Å². The van der Waals surface area contributed by atoms with Gasteiger partial charge in [0, 0.05) is 13.2 Å². The van der Waals surface area contributed by atoms with E-state index < -0.39 is 0 Å². The van der Waals surface area contributed by atoms with Gasteiger partial charge in [-0.15, -0.1) is 0 Å². The molecule has 0 aromatic heterocycles. The number of rotatable bonds is 6. The monoisotopic (exact) mass is 234 g/mol. The lowest BCUT2D eigenvalue weighted by Crippen LogP contribution is -2.39. The molecule has 0 N–H and O–H groups in total. The first-order valence-electron chi connectivity index (χ1n) is 5.66. The third kappa shape index (κ3) is 4.82. The Balaban J connectivity index is 2.03. The summed E-state index contributed by atoms with van der Waals surface area (Å²) >= 11 is 4.18. The van der Waals surface area contributed by atoms with Gasteiger partial charge < -0.3 is 9.47 Å². The van der Waals surface area contributed by atoms with Crippen molar-refractivity contribution in [2.45, 2.75) is 43.9 Å². The Kier molecular flexibility index (Phi) is 6.17. The molecule has 1 unspecified atom stereocenters. The van der Waals surface area contributed by atoms with Gasteiger partial charge in [-0.2, -0.15) is 12.6 Å². The predicted molar refractivity (Wildman–Crippen MR) is 66.1 cm³/mol. The SMILES string of the molecule is [SiH3]C1(OCCCCCS)CCCCO1. The van der Waals surface area contributed by atoms with Gasteiger partial charge in [0.1, 0.15) is 5.41 Å². The maximum absolute atomic E-state index is 5.83. The zero-order valence-electron chi connectivity index (χ0n) is 9.13. The minimum atomic E-state index is -0.154. The van der Waals surface area contributed by atoms with Crippen molar-refractivity contribution in [3.63, 3.8) is 0 Å². The molecule has 4 heteroatoms. The standard InChI is InChI=1S/C10H22O2SSi/c13-9-5-1-3-7-11-10(14)6-2-4-8-12-10/h13H,1-9H2,14H3. The Morgan fingerprint density at radius 3 is 2.79 bits per heavy atom. The second-order valence-electron chi connectivity index (χ2n) is 4.07. The maximum atomic E-state index is 5.83. The summed E-state index contributed by atoms with van der Waals surface area (Å²) in [6.07, 6.45) is 7.13. The number of hydrogen-bond donors (Lipinski definition) is 1. The summed E-state index contributed by atoms with van der Waals surface area (Å²) in [4.78, 5) is 0. The van der Waals surface area contributed by atoms with Gasteiger partial charge in [0.15, 0.2) is 0 Å². The normalized spacial score (nSPS) is 28.1. The predicted octanol–water partition coefficient (Wildman–Crippen LogP) is 1.32. The molecule has 1 heterocycles. The van der Waals surface area contributed by atoms with E-state index in [9.17, 15) is 0 Å². The lowest BCUT2D eigenvalue weighted by molar-refractivity contribution is -0.198. The summed E-state index contributed by atoms with van der Waals surface area (Å²) in [5.74, 6) is 0.989. The van der Waals surface area contributed by atoms with E-state index in [0.29, 0.717) is 0 Å². The van der Waals surface area contributed by atoms with Gasteiger partial charge in [0.25, 0.3) is 0 Å². The second-order valence-corrected chi connectivity index (χ2v) is 6.04. The van der Waals surface area contributed by atoms with E-state index in [0.717, 1.165) is 42.1 Å². The topological polar surface area (TPSA) is 18.5 Å². The van der Waals surface area contributed by atoms with E-state index in [1.165, 1.54) is 25.7 Å². The molecule has 0 bridgehead atoms. The lowest BCUT2D eigenvalue weighted by Gasteiger charge is -2.34. The van der Waals surface area contributed by atoms with E-state index in [4.69, 9.17) is 9.47 Å². The van der Waals surface area contributed by atoms with Crippen molar-refractivity contribution >= 4 is 22.9 Å². The number of ether oxygens (including phenoxy) is 2. The highest BCUT2D eigenvalue weighted by molar-refractivity contribution is 7.80. The molecule has 0 radical (unpaired) electrons. The molecule has 2 nitrogen and oxygen atoms in total. The molecule has 1 fully saturated rings. The van der Waals surface area contributed by atoms with Crippen molar-refractivity contribution < 1.29 is 9.47 Å². The van der Waals surface area contributed by atoms with Crippen LogP contribution in [0.1, 0.15) is 38.5 Å². The fourth-order valence-electron chi connectivity index (χ4n) is 1.70. The van der Waals surface area contributed by atoms with Gasteiger partial charge in [-0.1, -0.05) is 6.42 Å². The zero-order chi connectivity index (χ0) is 10.3. The molecule has 84 valence electrons. The average molecular weight is 234 g/mol. The molecule has 0 aromatic rings. The summed E-state index contributed by atoms with van der Waals surface area (Å²) < 4.78 is 11.5. The van der Waals surface area contributed by atoms with Gasteiger partial charge in [-0.05, 0) is 37.9 Å². The summed E-state index contributed by atoms with van der Waals surface area (Å²) in [7, 11) is 0.990. The number of thiol groups is 1. The Hall–Kier alpha value is 0.487. The molecular formula is C10H22O2SSi. The summed E-state index contributed by atoms with van der Waals surface area (Å²) in [6.45, 7) is 1.75. The van der Waals surface area contributed by atoms with Crippen LogP contribution < -0.4 is 0 Å². The Labute approximate surface area is 95.6 Å². The molecule has 0 spiro atoms. The molecule has 1 aliphatic heterocycles. The van der Waals surface area contributed by atoms with Gasteiger partial charge in [-0.3, -0.25) is 0 Å². The first kappa shape index (κ1) is 12.6. The second kappa shape index (κ2) is 6.88. The van der Waals surface area contributed by atoms with Gasteiger partial charge in [-0.25, -0.2) is 0 Å². The molecule has 0 saturated carbocycles. The van der Waals surface area contributed by atoms with Crippen LogP contribution in [0, 0.1) is 0 Å². The molecule has 1 rings (SSSR count). The van der Waals surface area contributed by atoms with Crippen molar-refractivity contribution in [3.05, 3.63) is 0 Å². The molecule has 0 aliphatic carbocycles. The molecule has 0 amide bonds. The molecular weight excluding hydrogens is 212 g/mol. The fourth-order valence-corrected chi connectivity index (χ4v) is 2.69. The Bertz CT molecular complexity index is 149. The van der Waals surface area contributed by atoms with Crippen LogP contribution in [-0.2, 0) is 9.47 Å². The van der Waals surface area contributed by atoms with Crippen LogP contribution in [0.15, 0.2) is 0 Å². The third-order valence-electron chi connectivity index (χ3n) is 2.64. The van der Waals surface area contributed by atoms with Crippen LogP contribution in [-0.4, -0.2) is 34.6 Å². The van der Waals surface area contributed by atoms with E-state index in [2.05, 4.69) is 12.6 Å². The van der Waals surface area contributed by atoms with Gasteiger partial charge in [0.2, 0.25) is 0 Å². The molecule has 14 heavy (non-hydrogen) atoms. The minimum absolute atomic E-state index is 0.154. The number of hydrogen-bond acceptors (Lipinski definition) is 3. The Morgan fingerprint density at radius 1 is 1.29 bits per heavy atom. The molecule has 1 saturated heterocycles. The highest BCUT2D eigenvalue weighted by Gasteiger charge is 2.27. The maximum Gasteiger partial charge on any atom is 0.141 e. The Morgan fingerprint density at radius 2 is 2.14 bits per heavy atom. The van der Waals surface area contributed by atoms with Crippen molar-refractivity contribution in [2.24, 2.45) is 0 Å². The van der Waals surface area contributed by atoms with Gasteiger partial charge in [0.05, 0.1) is 10.2 Å². The largest absolute Gasteiger partial charge is 0.355 e. The molecule has 1 aliphatic rings. The van der Waals surface area contributed by atoms with E-state index >= 15 is 0 Å². The average Bonchev–Trinajstić information content (AvgIpc) is 2.18. The van der Waals surface area contributed by atoms with Crippen LogP contribution in [0.4, 0.5) is 0 Å². The first-order chi connectivity index (χ1) is 6.77. The van der Waals surface area contributed by atoms with Crippen molar-refractivity contribution in [1.82, 2.24) is 0 Å². The van der Waals surface area contributed by atoms with Crippen LogP contribution in [0.2, 0.25) is 0 Å². The quantitative estimate of drug-likeness (QED) is 0.424. The summed E-state index contributed by atoms with van der Waals surface area (Å²) in [5, 5.41) is 0. The third-order valence-corrected chi connectivity index (χ3v) is 4.04. The van der Waals surface area contributed by atoms with E-state index in [1.54, 1.807) is 0 Å². The minimum Gasteiger partial charge on any atom is -0.355 e. The van der Waals surface area contributed by atoms with Crippen molar-refractivity contribution in [3.8, 4) is 0 Å². The van der Waals surface area contributed by atoms with Gasteiger partial charge >= 0.3 is 0 Å². The van der Waals surface area contributed by atoms with Crippen LogP contribution in [0.25, 0.3) is 0 Å². The van der Waals surface area contributed by atoms with Crippen LogP contribution >= 0.6 is 12.6 Å². The highest BCUT2D eigenvalue weighted by Crippen LogP contribution is 2.23. The number of unbranched alkanes of at least 4 members (excludes halogenated alkanes) is 2. The van der Waals surface area contributed by atoms with E-state index in [1.807, 2.05) is 0 Å². The van der Waals surface area contributed by atoms with E-state index in [-0.39, 0.29) is 5.41 Å². The zero-order valence-corrected chi connectivity index (χ0v) is 12.0. The summed E-state index contributed by atoms with van der Waals surface area (Å²) in [5.41, 5.74) is -0.154. The summed E-state index contributed by atoms with van der Waals surface area (Å²) in [6, 6.07) is 0. The van der Waals surface area contributed by atoms with Crippen molar-refractivity contribution in [2.75, 3.05) is 19.0 Å². The lowest BCUT2D eigenvalue weighted by atomic mass is 10.2. The fraction of sp³-hybridized carbons (Fsp3) is 1.00. The first-order valence-corrected chi connectivity index (χ1v) is 7.29. The smallest absolute Gasteiger partial charge is 0.141 e.